The summed E-state index contributed by atoms with van der Waals surface area (Å²) < 4.78 is 25.6. The summed E-state index contributed by atoms with van der Waals surface area (Å²) in [6, 6.07) is 11.5. The van der Waals surface area contributed by atoms with Crippen molar-refractivity contribution in [3.05, 3.63) is 88.8 Å². The number of nitrogens with one attached hydrogen (secondary N) is 1. The van der Waals surface area contributed by atoms with Crippen LogP contribution in [0.1, 0.15) is 28.4 Å². The zero-order chi connectivity index (χ0) is 23.1. The van der Waals surface area contributed by atoms with Gasteiger partial charge in [-0.25, -0.2) is 8.78 Å². The smallest absolute Gasteiger partial charge is 0.251 e. The highest BCUT2D eigenvalue weighted by atomic mass is 32.2. The molecule has 0 saturated carbocycles. The molecule has 168 valence electrons. The van der Waals surface area contributed by atoms with E-state index in [0.29, 0.717) is 24.3 Å². The molecule has 2 aromatic rings. The third-order valence-electron chi connectivity index (χ3n) is 5.22. The van der Waals surface area contributed by atoms with Crippen molar-refractivity contribution in [3.63, 3.8) is 0 Å². The number of aryl methyl sites for hydroxylation is 1. The third kappa shape index (κ3) is 5.65. The van der Waals surface area contributed by atoms with Gasteiger partial charge in [0.1, 0.15) is 17.9 Å². The second-order valence-corrected chi connectivity index (χ2v) is 8.47. The van der Waals surface area contributed by atoms with Crippen molar-refractivity contribution in [1.82, 2.24) is 5.32 Å². The van der Waals surface area contributed by atoms with Crippen LogP contribution in [0.3, 0.4) is 0 Å². The lowest BCUT2D eigenvalue weighted by Gasteiger charge is -2.26. The summed E-state index contributed by atoms with van der Waals surface area (Å²) in [5.41, 5.74) is 3.85. The van der Waals surface area contributed by atoms with Gasteiger partial charge in [0.15, 0.2) is 0 Å². The highest BCUT2D eigenvalue weighted by molar-refractivity contribution is 8.01. The number of rotatable bonds is 8. The Bertz CT molecular complexity index is 1030. The number of hydrogen-bond donors (Lipinski definition) is 1. The van der Waals surface area contributed by atoms with E-state index in [0.717, 1.165) is 22.4 Å². The largest absolute Gasteiger partial charge is 0.352 e. The van der Waals surface area contributed by atoms with Gasteiger partial charge in [0.05, 0.1) is 5.75 Å². The average Bonchev–Trinajstić information content (AvgIpc) is 3.16. The zero-order valence-corrected chi connectivity index (χ0v) is 18.9. The highest BCUT2D eigenvalue weighted by Gasteiger charge is 2.35. The van der Waals surface area contributed by atoms with Gasteiger partial charge >= 0.3 is 0 Å². The first-order chi connectivity index (χ1) is 15.4. The van der Waals surface area contributed by atoms with Gasteiger partial charge in [-0.3, -0.25) is 14.5 Å². The summed E-state index contributed by atoms with van der Waals surface area (Å²) in [6.45, 7) is 3.60. The first kappa shape index (κ1) is 23.7. The lowest BCUT2D eigenvalue weighted by molar-refractivity contribution is -0.115. The van der Waals surface area contributed by atoms with Crippen LogP contribution in [0.4, 0.5) is 14.5 Å². The Balaban J connectivity index is 1.70. The van der Waals surface area contributed by atoms with E-state index in [1.54, 1.807) is 41.3 Å². The number of alkyl halides is 1. The molecule has 0 bridgehead atoms. The summed E-state index contributed by atoms with van der Waals surface area (Å²) in [4.78, 5) is 26.9. The molecule has 0 spiro atoms. The predicted octanol–water partition coefficient (Wildman–Crippen LogP) is 4.98. The molecule has 32 heavy (non-hydrogen) atoms. The zero-order valence-electron chi connectivity index (χ0n) is 18.1. The molecule has 3 rings (SSSR count). The molecule has 0 aliphatic carbocycles. The Kier molecular flexibility index (Phi) is 8.22. The third-order valence-corrected chi connectivity index (χ3v) is 6.43. The maximum atomic E-state index is 13.0. The van der Waals surface area contributed by atoms with E-state index < -0.39 is 6.67 Å². The minimum Gasteiger partial charge on any atom is -0.352 e. The van der Waals surface area contributed by atoms with Gasteiger partial charge in [0.25, 0.3) is 5.91 Å². The Morgan fingerprint density at radius 1 is 1.25 bits per heavy atom. The van der Waals surface area contributed by atoms with Gasteiger partial charge in [0.2, 0.25) is 5.91 Å². The van der Waals surface area contributed by atoms with Crippen LogP contribution in [-0.4, -0.2) is 36.2 Å². The van der Waals surface area contributed by atoms with E-state index in [1.807, 2.05) is 19.9 Å². The monoisotopic (exact) mass is 456 g/mol. The molecular weight excluding hydrogens is 430 g/mol. The Morgan fingerprint density at radius 3 is 2.66 bits per heavy atom. The molecule has 1 fully saturated rings. The standard InChI is InChI=1S/C25H26F2N2O2S/c1-3-19(5-4-13-26)25-29(23(30)16-32-25)22-11-8-20(15-17(22)2)24(31)28-14-12-18-6-9-21(27)10-7-18/h3-11,15,25H,12-14,16H2,1-2H3,(H,28,31)/b5-4-,19-3+. The van der Waals surface area contributed by atoms with Crippen LogP contribution in [0.2, 0.25) is 0 Å². The van der Waals surface area contributed by atoms with E-state index in [2.05, 4.69) is 5.32 Å². The molecular formula is C25H26F2N2O2S. The fourth-order valence-corrected chi connectivity index (χ4v) is 4.80. The van der Waals surface area contributed by atoms with Crippen LogP contribution in [-0.2, 0) is 11.2 Å². The van der Waals surface area contributed by atoms with Gasteiger partial charge in [-0.15, -0.1) is 11.8 Å². The number of carbonyl (C=O) groups excluding carboxylic acids is 2. The van der Waals surface area contributed by atoms with Crippen molar-refractivity contribution in [3.8, 4) is 0 Å². The number of hydrogen-bond acceptors (Lipinski definition) is 3. The van der Waals surface area contributed by atoms with Gasteiger partial charge in [-0.05, 0) is 67.3 Å². The molecule has 1 atom stereocenters. The van der Waals surface area contributed by atoms with Crippen LogP contribution in [0.25, 0.3) is 0 Å². The van der Waals surface area contributed by atoms with Crippen LogP contribution in [0, 0.1) is 12.7 Å². The fourth-order valence-electron chi connectivity index (χ4n) is 3.57. The molecule has 1 aliphatic heterocycles. The number of nitrogens with zero attached hydrogens (tertiary/aromatic N) is 1. The topological polar surface area (TPSA) is 49.4 Å². The Labute approximate surface area is 191 Å². The number of amides is 2. The second kappa shape index (κ2) is 11.1. The molecule has 0 radical (unpaired) electrons. The molecule has 1 unspecified atom stereocenters. The SMILES string of the molecule is C/C=C(\C=C/CF)C1SCC(=O)N1c1ccc(C(=O)NCCc2ccc(F)cc2)cc1C. The summed E-state index contributed by atoms with van der Waals surface area (Å²) in [7, 11) is 0. The molecule has 1 saturated heterocycles. The molecule has 0 aromatic heterocycles. The quantitative estimate of drug-likeness (QED) is 0.570. The maximum Gasteiger partial charge on any atom is 0.251 e. The lowest BCUT2D eigenvalue weighted by atomic mass is 10.1. The minimum atomic E-state index is -0.563. The van der Waals surface area contributed by atoms with Crippen LogP contribution in [0.15, 0.2) is 66.3 Å². The van der Waals surface area contributed by atoms with Crippen LogP contribution < -0.4 is 10.2 Å². The number of carbonyl (C=O) groups is 2. The lowest BCUT2D eigenvalue weighted by Crippen LogP contribution is -2.34. The van der Waals surface area contributed by atoms with Crippen molar-refractivity contribution < 1.29 is 18.4 Å². The summed E-state index contributed by atoms with van der Waals surface area (Å²) >= 11 is 1.50. The molecule has 1 N–H and O–H groups in total. The van der Waals surface area contributed by atoms with Crippen LogP contribution >= 0.6 is 11.8 Å². The first-order valence-electron chi connectivity index (χ1n) is 10.4. The molecule has 1 heterocycles. The number of anilines is 1. The van der Waals surface area contributed by atoms with Crippen molar-refractivity contribution in [2.24, 2.45) is 0 Å². The number of thioether (sulfide) groups is 1. The van der Waals surface area contributed by atoms with Crippen molar-refractivity contribution in [2.45, 2.75) is 25.6 Å². The van der Waals surface area contributed by atoms with E-state index >= 15 is 0 Å². The Hall–Kier alpha value is -2.93. The molecule has 4 nitrogen and oxygen atoms in total. The van der Waals surface area contributed by atoms with Crippen LogP contribution in [0.5, 0.6) is 0 Å². The molecule has 1 aliphatic rings. The molecule has 2 aromatic carbocycles. The Morgan fingerprint density at radius 2 is 2.00 bits per heavy atom. The number of allylic oxidation sites excluding steroid dienone is 2. The van der Waals surface area contributed by atoms with Gasteiger partial charge in [0, 0.05) is 17.8 Å². The highest BCUT2D eigenvalue weighted by Crippen LogP contribution is 2.37. The van der Waals surface area contributed by atoms with Gasteiger partial charge < -0.3 is 5.32 Å². The van der Waals surface area contributed by atoms with Gasteiger partial charge in [-0.1, -0.05) is 30.4 Å². The normalized spacial score (nSPS) is 16.8. The summed E-state index contributed by atoms with van der Waals surface area (Å²) in [5.74, 6) is -0.171. The van der Waals surface area contributed by atoms with Crippen molar-refractivity contribution in [1.29, 1.82) is 0 Å². The van der Waals surface area contributed by atoms with E-state index in [1.165, 1.54) is 30.0 Å². The van der Waals surface area contributed by atoms with E-state index in [9.17, 15) is 18.4 Å². The minimum absolute atomic E-state index is 0.0207. The van der Waals surface area contributed by atoms with E-state index in [4.69, 9.17) is 0 Å². The maximum absolute atomic E-state index is 13.0. The first-order valence-corrected chi connectivity index (χ1v) is 11.4. The second-order valence-electron chi connectivity index (χ2n) is 7.41. The fraction of sp³-hybridized carbons (Fsp3) is 0.280. The van der Waals surface area contributed by atoms with Crippen molar-refractivity contribution >= 4 is 29.3 Å². The number of benzene rings is 2. The van der Waals surface area contributed by atoms with Gasteiger partial charge in [-0.2, -0.15) is 0 Å². The predicted molar refractivity (Wildman–Crippen MR) is 126 cm³/mol. The number of halogens is 2. The average molecular weight is 457 g/mol. The van der Waals surface area contributed by atoms with E-state index in [-0.39, 0.29) is 23.0 Å². The summed E-state index contributed by atoms with van der Waals surface area (Å²) in [5, 5.41) is 2.64. The summed E-state index contributed by atoms with van der Waals surface area (Å²) in [6.07, 6.45) is 5.63. The molecule has 2 amide bonds. The molecule has 7 heteroatoms. The van der Waals surface area contributed by atoms with Crippen molar-refractivity contribution in [2.75, 3.05) is 23.9 Å².